The van der Waals surface area contributed by atoms with Crippen LogP contribution in [0.4, 0.5) is 0 Å². The molecule has 4 N–H and O–H groups in total. The molecule has 2 amide bonds. The Morgan fingerprint density at radius 1 is 1.30 bits per heavy atom. The molecule has 144 valence electrons. The third-order valence-electron chi connectivity index (χ3n) is 5.79. The van der Waals surface area contributed by atoms with Crippen molar-refractivity contribution in [3.63, 3.8) is 0 Å². The Kier molecular flexibility index (Phi) is 6.10. The van der Waals surface area contributed by atoms with Crippen LogP contribution >= 0.6 is 0 Å². The number of carbonyl (C=O) groups excluding carboxylic acids is 2. The van der Waals surface area contributed by atoms with Crippen molar-refractivity contribution in [2.24, 2.45) is 11.8 Å². The molecule has 0 radical (unpaired) electrons. The second-order valence-corrected chi connectivity index (χ2v) is 7.65. The number of hydrogen-bond acceptors (Lipinski definition) is 6. The van der Waals surface area contributed by atoms with Gasteiger partial charge in [0.1, 0.15) is 6.04 Å². The fraction of sp³-hybridized carbons (Fsp3) is 0.684. The van der Waals surface area contributed by atoms with Crippen LogP contribution in [0.2, 0.25) is 0 Å². The van der Waals surface area contributed by atoms with Gasteiger partial charge in [-0.25, -0.2) is 0 Å². The Hall–Kier alpha value is -2.42. The lowest BCUT2D eigenvalue weighted by Gasteiger charge is -2.38. The van der Waals surface area contributed by atoms with Gasteiger partial charge in [0.05, 0.1) is 24.5 Å². The lowest BCUT2D eigenvalue weighted by Crippen LogP contribution is -2.56. The molecular formula is C19H26N6O2. The molecular weight excluding hydrogens is 344 g/mol. The lowest BCUT2D eigenvalue weighted by molar-refractivity contribution is -0.124. The summed E-state index contributed by atoms with van der Waals surface area (Å²) >= 11 is 0. The zero-order valence-electron chi connectivity index (χ0n) is 15.5. The number of fused-ring (bicyclic) bond motifs is 1. The Labute approximate surface area is 159 Å². The van der Waals surface area contributed by atoms with Crippen molar-refractivity contribution in [2.75, 3.05) is 13.1 Å². The normalized spacial score (nSPS) is 34.1. The van der Waals surface area contributed by atoms with Crippen molar-refractivity contribution >= 4 is 11.8 Å². The summed E-state index contributed by atoms with van der Waals surface area (Å²) in [5.74, 6) is -0.496. The first-order valence-corrected chi connectivity index (χ1v) is 9.58. The molecule has 3 rings (SSSR count). The second-order valence-electron chi connectivity index (χ2n) is 7.65. The molecule has 0 spiro atoms. The zero-order valence-corrected chi connectivity index (χ0v) is 15.5. The van der Waals surface area contributed by atoms with E-state index in [1.54, 1.807) is 6.08 Å². The molecule has 6 atom stereocenters. The van der Waals surface area contributed by atoms with Crippen LogP contribution in [0.3, 0.4) is 0 Å². The summed E-state index contributed by atoms with van der Waals surface area (Å²) in [5, 5.41) is 30.6. The molecule has 27 heavy (non-hydrogen) atoms. The van der Waals surface area contributed by atoms with Gasteiger partial charge in [-0.3, -0.25) is 9.59 Å². The Morgan fingerprint density at radius 2 is 2.11 bits per heavy atom. The summed E-state index contributed by atoms with van der Waals surface area (Å²) < 4.78 is 0. The number of piperidine rings is 2. The molecule has 0 aromatic rings. The minimum atomic E-state index is -0.346. The molecule has 3 aliphatic rings. The van der Waals surface area contributed by atoms with Crippen LogP contribution in [0.25, 0.3) is 0 Å². The standard InChI is InChI=1S/C19H26N6O2/c1-11(15-3-2-12(8-20)10-23-15)24-18(26)7-13-6-14-16(25-19(13)27)4-5-22-17(14)9-21/h6,11-12,14-17,22-23H,2-5,7,10H2,1H3,(H,24,26)(H,25,27)/t11-,12?,14?,15?,16?,17?/m0/s1. The van der Waals surface area contributed by atoms with Crippen LogP contribution < -0.4 is 21.3 Å². The van der Waals surface area contributed by atoms with E-state index in [1.807, 2.05) is 6.92 Å². The molecule has 2 saturated heterocycles. The van der Waals surface area contributed by atoms with Crippen LogP contribution in [-0.4, -0.2) is 49.1 Å². The largest absolute Gasteiger partial charge is 0.352 e. The molecule has 2 fully saturated rings. The average molecular weight is 370 g/mol. The molecule has 0 aliphatic carbocycles. The first-order valence-electron chi connectivity index (χ1n) is 9.58. The predicted molar refractivity (Wildman–Crippen MR) is 97.9 cm³/mol. The molecule has 0 bridgehead atoms. The van der Waals surface area contributed by atoms with Crippen molar-refractivity contribution in [1.29, 1.82) is 10.5 Å². The van der Waals surface area contributed by atoms with Crippen molar-refractivity contribution in [2.45, 2.75) is 56.8 Å². The molecule has 8 heteroatoms. The highest BCUT2D eigenvalue weighted by atomic mass is 16.2. The second kappa shape index (κ2) is 8.51. The average Bonchev–Trinajstić information content (AvgIpc) is 2.68. The van der Waals surface area contributed by atoms with E-state index < -0.39 is 0 Å². The van der Waals surface area contributed by atoms with E-state index in [0.29, 0.717) is 18.7 Å². The number of nitrogens with one attached hydrogen (secondary N) is 4. The van der Waals surface area contributed by atoms with Crippen molar-refractivity contribution < 1.29 is 9.59 Å². The monoisotopic (exact) mass is 370 g/mol. The highest BCUT2D eigenvalue weighted by Crippen LogP contribution is 2.25. The fourth-order valence-electron chi connectivity index (χ4n) is 4.17. The summed E-state index contributed by atoms with van der Waals surface area (Å²) in [6, 6.07) is 4.15. The Balaban J connectivity index is 1.57. The quantitative estimate of drug-likeness (QED) is 0.538. The van der Waals surface area contributed by atoms with E-state index in [4.69, 9.17) is 5.26 Å². The van der Waals surface area contributed by atoms with Crippen LogP contribution in [0, 0.1) is 34.5 Å². The number of hydrogen-bond donors (Lipinski definition) is 4. The van der Waals surface area contributed by atoms with Gasteiger partial charge in [-0.1, -0.05) is 6.08 Å². The van der Waals surface area contributed by atoms with Crippen LogP contribution in [0.1, 0.15) is 32.6 Å². The SMILES string of the molecule is C[C@H](NC(=O)CC1=CC2C(C#N)NCCC2NC1=O)C1CCC(C#N)CN1. The van der Waals surface area contributed by atoms with E-state index in [2.05, 4.69) is 33.4 Å². The Bertz CT molecular complexity index is 698. The topological polar surface area (TPSA) is 130 Å². The highest BCUT2D eigenvalue weighted by Gasteiger charge is 2.37. The number of carbonyl (C=O) groups is 2. The van der Waals surface area contributed by atoms with Crippen molar-refractivity contribution in [1.82, 2.24) is 21.3 Å². The smallest absolute Gasteiger partial charge is 0.247 e. The molecule has 5 unspecified atom stereocenters. The first-order chi connectivity index (χ1) is 13.0. The minimum absolute atomic E-state index is 0.00504. The van der Waals surface area contributed by atoms with Crippen LogP contribution in [-0.2, 0) is 9.59 Å². The zero-order chi connectivity index (χ0) is 19.4. The maximum Gasteiger partial charge on any atom is 0.247 e. The van der Waals surface area contributed by atoms with Crippen molar-refractivity contribution in [3.8, 4) is 12.1 Å². The summed E-state index contributed by atoms with van der Waals surface area (Å²) in [7, 11) is 0. The molecule has 0 aromatic carbocycles. The van der Waals surface area contributed by atoms with Gasteiger partial charge in [-0.05, 0) is 32.7 Å². The van der Waals surface area contributed by atoms with Gasteiger partial charge in [-0.15, -0.1) is 0 Å². The van der Waals surface area contributed by atoms with E-state index >= 15 is 0 Å². The van der Waals surface area contributed by atoms with Gasteiger partial charge >= 0.3 is 0 Å². The van der Waals surface area contributed by atoms with Gasteiger partial charge in [0, 0.05) is 36.2 Å². The summed E-state index contributed by atoms with van der Waals surface area (Å²) in [5.41, 5.74) is 0.422. The van der Waals surface area contributed by atoms with Crippen LogP contribution in [0.15, 0.2) is 11.6 Å². The van der Waals surface area contributed by atoms with Crippen LogP contribution in [0.5, 0.6) is 0 Å². The van der Waals surface area contributed by atoms with E-state index in [0.717, 1.165) is 19.3 Å². The molecule has 3 heterocycles. The fourth-order valence-corrected chi connectivity index (χ4v) is 4.17. The molecule has 0 saturated carbocycles. The molecule has 8 nitrogen and oxygen atoms in total. The predicted octanol–water partition coefficient (Wildman–Crippen LogP) is -0.301. The maximum atomic E-state index is 12.4. The molecule has 0 aromatic heterocycles. The van der Waals surface area contributed by atoms with Crippen molar-refractivity contribution in [3.05, 3.63) is 11.6 Å². The molecule has 3 aliphatic heterocycles. The number of rotatable bonds is 4. The minimum Gasteiger partial charge on any atom is -0.352 e. The first kappa shape index (κ1) is 19.3. The van der Waals surface area contributed by atoms with Gasteiger partial charge in [-0.2, -0.15) is 10.5 Å². The lowest BCUT2D eigenvalue weighted by atomic mass is 9.82. The number of amides is 2. The van der Waals surface area contributed by atoms with E-state index in [-0.39, 0.29) is 54.2 Å². The third kappa shape index (κ3) is 4.47. The summed E-state index contributed by atoms with van der Waals surface area (Å²) in [6.45, 7) is 3.27. The Morgan fingerprint density at radius 3 is 2.78 bits per heavy atom. The highest BCUT2D eigenvalue weighted by molar-refractivity contribution is 5.99. The number of nitriles is 2. The van der Waals surface area contributed by atoms with Gasteiger partial charge in [0.25, 0.3) is 0 Å². The van der Waals surface area contributed by atoms with E-state index in [1.165, 1.54) is 0 Å². The summed E-state index contributed by atoms with van der Waals surface area (Å²) in [6.07, 6.45) is 4.24. The third-order valence-corrected chi connectivity index (χ3v) is 5.79. The number of nitrogens with zero attached hydrogens (tertiary/aromatic N) is 2. The van der Waals surface area contributed by atoms with E-state index in [9.17, 15) is 14.9 Å². The van der Waals surface area contributed by atoms with Gasteiger partial charge in [0.15, 0.2) is 0 Å². The summed E-state index contributed by atoms with van der Waals surface area (Å²) in [4.78, 5) is 24.8. The maximum absolute atomic E-state index is 12.4. The van der Waals surface area contributed by atoms with Gasteiger partial charge in [0.2, 0.25) is 11.8 Å². The van der Waals surface area contributed by atoms with Gasteiger partial charge < -0.3 is 21.3 Å².